The largest absolute Gasteiger partial charge is 0.358 e. The highest BCUT2D eigenvalue weighted by Crippen LogP contribution is 2.32. The number of nitrogens with one attached hydrogen (secondary N) is 1. The number of nitro groups is 1. The van der Waals surface area contributed by atoms with Crippen LogP contribution in [0.4, 0.5) is 0 Å². The van der Waals surface area contributed by atoms with Crippen molar-refractivity contribution in [2.24, 2.45) is 0 Å². The van der Waals surface area contributed by atoms with Gasteiger partial charge in [0.2, 0.25) is 6.54 Å². The predicted octanol–water partition coefficient (Wildman–Crippen LogP) is 4.73. The zero-order chi connectivity index (χ0) is 16.5. The Hall–Kier alpha value is -3.14. The molecule has 0 bridgehead atoms. The molecule has 4 rings (SSSR count). The van der Waals surface area contributed by atoms with Gasteiger partial charge in [-0.3, -0.25) is 10.1 Å². The van der Waals surface area contributed by atoms with E-state index in [1.807, 2.05) is 72.8 Å². The molecular weight excluding hydrogens is 300 g/mol. The number of H-pyrrole nitrogens is 1. The van der Waals surface area contributed by atoms with Gasteiger partial charge in [-0.15, -0.1) is 0 Å². The Morgan fingerprint density at radius 3 is 2.42 bits per heavy atom. The summed E-state index contributed by atoms with van der Waals surface area (Å²) in [6.07, 6.45) is 0. The van der Waals surface area contributed by atoms with Gasteiger partial charge < -0.3 is 4.98 Å². The summed E-state index contributed by atoms with van der Waals surface area (Å²) < 4.78 is 0. The molecule has 0 amide bonds. The second kappa shape index (κ2) is 5.81. The van der Waals surface area contributed by atoms with Crippen LogP contribution in [-0.2, 0) is 0 Å². The van der Waals surface area contributed by atoms with E-state index >= 15 is 0 Å². The molecule has 0 aliphatic carbocycles. The Bertz CT molecular complexity index is 998. The third kappa shape index (κ3) is 2.52. The molecule has 24 heavy (non-hydrogen) atoms. The van der Waals surface area contributed by atoms with E-state index in [1.165, 1.54) is 0 Å². The van der Waals surface area contributed by atoms with Gasteiger partial charge in [0.1, 0.15) is 0 Å². The Balaban J connectivity index is 1.91. The molecule has 0 radical (unpaired) electrons. The number of fused-ring (bicyclic) bond motifs is 2. The highest BCUT2D eigenvalue weighted by atomic mass is 16.6. The molecule has 0 fully saturated rings. The van der Waals surface area contributed by atoms with Crippen molar-refractivity contribution in [3.63, 3.8) is 0 Å². The first-order chi connectivity index (χ1) is 11.7. The molecule has 0 spiro atoms. The molecular formula is C20H16N2O2. The second-order valence-electron chi connectivity index (χ2n) is 5.95. The molecule has 1 N–H and O–H groups in total. The van der Waals surface area contributed by atoms with Crippen molar-refractivity contribution in [2.45, 2.75) is 5.92 Å². The molecule has 0 aliphatic heterocycles. The van der Waals surface area contributed by atoms with Crippen LogP contribution in [0.15, 0.2) is 72.8 Å². The van der Waals surface area contributed by atoms with Gasteiger partial charge in [-0.25, -0.2) is 0 Å². The summed E-state index contributed by atoms with van der Waals surface area (Å²) >= 11 is 0. The summed E-state index contributed by atoms with van der Waals surface area (Å²) in [5.41, 5.74) is 2.86. The number of benzene rings is 3. The van der Waals surface area contributed by atoms with Crippen molar-refractivity contribution in [3.05, 3.63) is 94.2 Å². The molecule has 118 valence electrons. The van der Waals surface area contributed by atoms with Gasteiger partial charge in [-0.2, -0.15) is 0 Å². The summed E-state index contributed by atoms with van der Waals surface area (Å²) in [7, 11) is 0. The van der Waals surface area contributed by atoms with E-state index in [4.69, 9.17) is 0 Å². The highest BCUT2D eigenvalue weighted by molar-refractivity contribution is 5.87. The number of para-hydroxylation sites is 1. The molecule has 0 saturated carbocycles. The molecule has 1 aromatic heterocycles. The van der Waals surface area contributed by atoms with Gasteiger partial charge >= 0.3 is 0 Å². The number of hydrogen-bond donors (Lipinski definition) is 1. The van der Waals surface area contributed by atoms with Crippen molar-refractivity contribution in [1.29, 1.82) is 0 Å². The molecule has 3 aromatic carbocycles. The maximum Gasteiger partial charge on any atom is 0.216 e. The minimum Gasteiger partial charge on any atom is -0.358 e. The number of aromatic nitrogens is 1. The summed E-state index contributed by atoms with van der Waals surface area (Å²) in [6.45, 7) is -0.138. The first kappa shape index (κ1) is 14.5. The van der Waals surface area contributed by atoms with Crippen LogP contribution < -0.4 is 0 Å². The quantitative estimate of drug-likeness (QED) is 0.437. The van der Waals surface area contributed by atoms with Crippen LogP contribution in [0.2, 0.25) is 0 Å². The van der Waals surface area contributed by atoms with Gasteiger partial charge in [-0.1, -0.05) is 60.7 Å². The van der Waals surface area contributed by atoms with Crippen LogP contribution >= 0.6 is 0 Å². The normalized spacial score (nSPS) is 12.5. The molecule has 4 nitrogen and oxygen atoms in total. The average Bonchev–Trinajstić information content (AvgIpc) is 3.03. The third-order valence-electron chi connectivity index (χ3n) is 4.46. The van der Waals surface area contributed by atoms with Gasteiger partial charge in [0.25, 0.3) is 0 Å². The fourth-order valence-corrected chi connectivity index (χ4v) is 3.35. The van der Waals surface area contributed by atoms with Gasteiger partial charge in [0.05, 0.1) is 5.92 Å². The van der Waals surface area contributed by atoms with Crippen LogP contribution in [0.25, 0.3) is 21.7 Å². The van der Waals surface area contributed by atoms with E-state index in [2.05, 4.69) is 4.98 Å². The van der Waals surface area contributed by atoms with Crippen LogP contribution in [0.1, 0.15) is 17.2 Å². The number of aromatic amines is 1. The summed E-state index contributed by atoms with van der Waals surface area (Å²) in [5.74, 6) is -0.307. The Morgan fingerprint density at radius 2 is 1.62 bits per heavy atom. The lowest BCUT2D eigenvalue weighted by molar-refractivity contribution is -0.481. The second-order valence-corrected chi connectivity index (χ2v) is 5.95. The van der Waals surface area contributed by atoms with Crippen molar-refractivity contribution >= 4 is 21.7 Å². The standard InChI is InChI=1S/C20H16N2O2/c23-22(24)13-18(20-12-15-7-2-4-11-19(15)21-20)17-10-5-8-14-6-1-3-9-16(14)17/h1-12,18,21H,13H2. The Morgan fingerprint density at radius 1 is 0.917 bits per heavy atom. The van der Waals surface area contributed by atoms with Gasteiger partial charge in [-0.05, 0) is 33.9 Å². The highest BCUT2D eigenvalue weighted by Gasteiger charge is 2.23. The summed E-state index contributed by atoms with van der Waals surface area (Å²) in [6, 6.07) is 24.0. The molecule has 4 heteroatoms. The molecule has 0 aliphatic rings. The smallest absolute Gasteiger partial charge is 0.216 e. The van der Waals surface area contributed by atoms with Gasteiger partial charge in [0.15, 0.2) is 0 Å². The number of rotatable bonds is 4. The van der Waals surface area contributed by atoms with Crippen molar-refractivity contribution < 1.29 is 4.92 Å². The molecule has 4 aromatic rings. The van der Waals surface area contributed by atoms with Crippen molar-refractivity contribution in [2.75, 3.05) is 6.54 Å². The van der Waals surface area contributed by atoms with Crippen LogP contribution in [0, 0.1) is 10.1 Å². The third-order valence-corrected chi connectivity index (χ3v) is 4.46. The minimum atomic E-state index is -0.307. The lowest BCUT2D eigenvalue weighted by Gasteiger charge is -2.14. The molecule has 1 unspecified atom stereocenters. The van der Waals surface area contributed by atoms with E-state index < -0.39 is 0 Å². The maximum absolute atomic E-state index is 11.3. The molecule has 0 saturated heterocycles. The fourth-order valence-electron chi connectivity index (χ4n) is 3.35. The first-order valence-electron chi connectivity index (χ1n) is 7.89. The predicted molar refractivity (Wildman–Crippen MR) is 96.0 cm³/mol. The average molecular weight is 316 g/mol. The van der Waals surface area contributed by atoms with E-state index in [1.54, 1.807) is 0 Å². The molecule has 1 heterocycles. The lowest BCUT2D eigenvalue weighted by atomic mass is 9.91. The first-order valence-corrected chi connectivity index (χ1v) is 7.89. The minimum absolute atomic E-state index is 0.138. The summed E-state index contributed by atoms with van der Waals surface area (Å²) in [4.78, 5) is 14.4. The fraction of sp³-hybridized carbons (Fsp3) is 0.100. The Kier molecular flexibility index (Phi) is 3.50. The Labute approximate surface area is 138 Å². The van der Waals surface area contributed by atoms with E-state index in [0.717, 1.165) is 32.9 Å². The van der Waals surface area contributed by atoms with Crippen LogP contribution in [-0.4, -0.2) is 16.5 Å². The van der Waals surface area contributed by atoms with E-state index in [-0.39, 0.29) is 17.4 Å². The van der Waals surface area contributed by atoms with Crippen LogP contribution in [0.5, 0.6) is 0 Å². The molecule has 1 atom stereocenters. The van der Waals surface area contributed by atoms with Crippen molar-refractivity contribution in [3.8, 4) is 0 Å². The van der Waals surface area contributed by atoms with E-state index in [9.17, 15) is 10.1 Å². The SMILES string of the molecule is O=[N+]([O-])CC(c1cc2ccccc2[nH]1)c1cccc2ccccc12. The lowest BCUT2D eigenvalue weighted by Crippen LogP contribution is -2.14. The van der Waals surface area contributed by atoms with Crippen molar-refractivity contribution in [1.82, 2.24) is 4.98 Å². The topological polar surface area (TPSA) is 58.9 Å². The summed E-state index contributed by atoms with van der Waals surface area (Å²) in [5, 5.41) is 14.5. The van der Waals surface area contributed by atoms with Crippen LogP contribution in [0.3, 0.4) is 0 Å². The zero-order valence-corrected chi connectivity index (χ0v) is 13.0. The zero-order valence-electron chi connectivity index (χ0n) is 13.0. The van der Waals surface area contributed by atoms with Gasteiger partial charge in [0, 0.05) is 16.1 Å². The number of nitrogens with zero attached hydrogens (tertiary/aromatic N) is 1. The monoisotopic (exact) mass is 316 g/mol. The van der Waals surface area contributed by atoms with E-state index in [0.29, 0.717) is 0 Å². The maximum atomic E-state index is 11.3. The number of hydrogen-bond acceptors (Lipinski definition) is 2.